The number of rotatable bonds is 7. The van der Waals surface area contributed by atoms with Crippen molar-refractivity contribution in [3.05, 3.63) is 95.6 Å². The molecule has 0 fully saturated rings. The molecule has 0 heterocycles. The number of hydrogen-bond donors (Lipinski definition) is 1. The molecular weight excluding hydrogens is 402 g/mol. The highest BCUT2D eigenvalue weighted by Crippen LogP contribution is 2.24. The van der Waals surface area contributed by atoms with Gasteiger partial charge in [-0.05, 0) is 55.4 Å². The zero-order valence-corrected chi connectivity index (χ0v) is 18.0. The number of nitrogens with one attached hydrogen (secondary N) is 1. The maximum absolute atomic E-state index is 12.9. The van der Waals surface area contributed by atoms with Gasteiger partial charge in [-0.25, -0.2) is 13.1 Å². The van der Waals surface area contributed by atoms with Crippen LogP contribution in [0.25, 0.3) is 0 Å². The van der Waals surface area contributed by atoms with Gasteiger partial charge >= 0.3 is 0 Å². The minimum Gasteiger partial charge on any atom is -0.450 e. The highest BCUT2D eigenvalue weighted by atomic mass is 32.2. The smallest absolute Gasteiger partial charge is 0.241 e. The summed E-state index contributed by atoms with van der Waals surface area (Å²) in [5.41, 5.74) is 2.78. The Morgan fingerprint density at radius 2 is 1.55 bits per heavy atom. The molecule has 0 bridgehead atoms. The van der Waals surface area contributed by atoms with Gasteiger partial charge in [-0.1, -0.05) is 66.2 Å². The van der Waals surface area contributed by atoms with Gasteiger partial charge in [0.15, 0.2) is 5.05 Å². The van der Waals surface area contributed by atoms with Crippen LogP contribution < -0.4 is 9.46 Å². The Morgan fingerprint density at radius 3 is 2.21 bits per heavy atom. The van der Waals surface area contributed by atoms with Crippen LogP contribution in [-0.4, -0.2) is 13.5 Å². The fourth-order valence-electron chi connectivity index (χ4n) is 2.89. The SMILES string of the molecule is Cc1ccc(S(=O)(=O)N[C@@H](CC(=S)Oc2ccccc2C)c2ccccc2)cc1. The molecule has 3 aromatic carbocycles. The summed E-state index contributed by atoms with van der Waals surface area (Å²) in [6.07, 6.45) is 0.235. The Hall–Kier alpha value is -2.54. The van der Waals surface area contributed by atoms with Gasteiger partial charge in [0.25, 0.3) is 0 Å². The van der Waals surface area contributed by atoms with Crippen LogP contribution in [0.15, 0.2) is 83.8 Å². The summed E-state index contributed by atoms with van der Waals surface area (Å²) in [5.74, 6) is 0.672. The standard InChI is InChI=1S/C23H23NO3S2/c1-17-12-14-20(15-13-17)29(25,26)24-21(19-9-4-3-5-10-19)16-23(28)27-22-11-7-6-8-18(22)2/h3-15,21,24H,16H2,1-2H3/t21-/m0/s1. The van der Waals surface area contributed by atoms with Crippen LogP contribution in [0.5, 0.6) is 5.75 Å². The van der Waals surface area contributed by atoms with E-state index in [0.717, 1.165) is 16.7 Å². The van der Waals surface area contributed by atoms with Crippen molar-refractivity contribution >= 4 is 27.3 Å². The van der Waals surface area contributed by atoms with E-state index >= 15 is 0 Å². The van der Waals surface area contributed by atoms with Crippen LogP contribution >= 0.6 is 12.2 Å². The van der Waals surface area contributed by atoms with Gasteiger partial charge in [-0.15, -0.1) is 0 Å². The van der Waals surface area contributed by atoms with Crippen molar-refractivity contribution in [3.63, 3.8) is 0 Å². The van der Waals surface area contributed by atoms with E-state index in [-0.39, 0.29) is 11.3 Å². The zero-order chi connectivity index (χ0) is 20.9. The van der Waals surface area contributed by atoms with Gasteiger partial charge in [0.1, 0.15) is 5.75 Å². The molecule has 1 atom stereocenters. The molecule has 0 aliphatic rings. The fraction of sp³-hybridized carbons (Fsp3) is 0.174. The van der Waals surface area contributed by atoms with Crippen molar-refractivity contribution in [2.45, 2.75) is 31.2 Å². The van der Waals surface area contributed by atoms with Crippen molar-refractivity contribution in [1.82, 2.24) is 4.72 Å². The normalized spacial score (nSPS) is 12.3. The van der Waals surface area contributed by atoms with E-state index < -0.39 is 16.1 Å². The average Bonchev–Trinajstić information content (AvgIpc) is 2.70. The first-order chi connectivity index (χ1) is 13.8. The largest absolute Gasteiger partial charge is 0.450 e. The predicted molar refractivity (Wildman–Crippen MR) is 120 cm³/mol. The molecule has 3 rings (SSSR count). The fourth-order valence-corrected chi connectivity index (χ4v) is 4.37. The Kier molecular flexibility index (Phi) is 6.79. The molecule has 0 saturated carbocycles. The van der Waals surface area contributed by atoms with E-state index in [1.165, 1.54) is 0 Å². The number of aryl methyl sites for hydroxylation is 2. The molecule has 0 aliphatic carbocycles. The highest BCUT2D eigenvalue weighted by molar-refractivity contribution is 7.89. The molecule has 6 heteroatoms. The predicted octanol–water partition coefficient (Wildman–Crippen LogP) is 5.12. The van der Waals surface area contributed by atoms with Crippen LogP contribution in [0.4, 0.5) is 0 Å². The first kappa shape index (κ1) is 21.2. The third-order valence-corrected chi connectivity index (χ3v) is 6.26. The number of ether oxygens (including phenoxy) is 1. The quantitative estimate of drug-likeness (QED) is 0.534. The second kappa shape index (κ2) is 9.31. The zero-order valence-electron chi connectivity index (χ0n) is 16.3. The third kappa shape index (κ3) is 5.73. The molecule has 150 valence electrons. The minimum atomic E-state index is -3.72. The van der Waals surface area contributed by atoms with Crippen molar-refractivity contribution in [2.75, 3.05) is 0 Å². The Balaban J connectivity index is 1.82. The molecule has 0 aliphatic heterocycles. The Morgan fingerprint density at radius 1 is 0.931 bits per heavy atom. The number of hydrogen-bond acceptors (Lipinski definition) is 4. The molecule has 0 unspecified atom stereocenters. The highest BCUT2D eigenvalue weighted by Gasteiger charge is 2.23. The van der Waals surface area contributed by atoms with Gasteiger partial charge in [0, 0.05) is 6.42 Å². The van der Waals surface area contributed by atoms with Gasteiger partial charge in [-0.3, -0.25) is 0 Å². The van der Waals surface area contributed by atoms with Gasteiger partial charge in [0.2, 0.25) is 10.0 Å². The molecule has 0 amide bonds. The van der Waals surface area contributed by atoms with Gasteiger partial charge in [-0.2, -0.15) is 0 Å². The van der Waals surface area contributed by atoms with Gasteiger partial charge < -0.3 is 4.74 Å². The summed E-state index contributed by atoms with van der Waals surface area (Å²) in [7, 11) is -3.72. The van der Waals surface area contributed by atoms with Crippen molar-refractivity contribution in [3.8, 4) is 5.75 Å². The van der Waals surface area contributed by atoms with Crippen molar-refractivity contribution in [2.24, 2.45) is 0 Å². The Bertz CT molecular complexity index is 1080. The van der Waals surface area contributed by atoms with E-state index in [1.54, 1.807) is 24.3 Å². The summed E-state index contributed by atoms with van der Waals surface area (Å²) < 4.78 is 34.5. The maximum atomic E-state index is 12.9. The first-order valence-corrected chi connectivity index (χ1v) is 11.1. The summed E-state index contributed by atoms with van der Waals surface area (Å²) in [6, 6.07) is 23.2. The summed E-state index contributed by atoms with van der Waals surface area (Å²) in [5, 5.41) is 0.319. The third-order valence-electron chi connectivity index (χ3n) is 4.52. The van der Waals surface area contributed by atoms with Crippen LogP contribution in [0.1, 0.15) is 29.2 Å². The van der Waals surface area contributed by atoms with Crippen LogP contribution in [0, 0.1) is 13.8 Å². The number of sulfonamides is 1. The summed E-state index contributed by atoms with van der Waals surface area (Å²) in [4.78, 5) is 0.217. The molecular formula is C23H23NO3S2. The van der Waals surface area contributed by atoms with Crippen LogP contribution in [0.3, 0.4) is 0 Å². The molecule has 0 aromatic heterocycles. The van der Waals surface area contributed by atoms with E-state index in [4.69, 9.17) is 17.0 Å². The topological polar surface area (TPSA) is 55.4 Å². The lowest BCUT2D eigenvalue weighted by Crippen LogP contribution is -2.31. The summed E-state index contributed by atoms with van der Waals surface area (Å²) in [6.45, 7) is 3.85. The van der Waals surface area contributed by atoms with Crippen LogP contribution in [-0.2, 0) is 10.0 Å². The molecule has 0 saturated heterocycles. The number of para-hydroxylation sites is 1. The monoisotopic (exact) mass is 425 g/mol. The van der Waals surface area contributed by atoms with E-state index in [9.17, 15) is 8.42 Å². The molecule has 4 nitrogen and oxygen atoms in total. The van der Waals surface area contributed by atoms with Crippen molar-refractivity contribution < 1.29 is 13.2 Å². The van der Waals surface area contributed by atoms with E-state index in [2.05, 4.69) is 4.72 Å². The second-order valence-electron chi connectivity index (χ2n) is 6.84. The molecule has 0 spiro atoms. The van der Waals surface area contributed by atoms with E-state index in [1.807, 2.05) is 68.4 Å². The van der Waals surface area contributed by atoms with Crippen LogP contribution in [0.2, 0.25) is 0 Å². The lowest BCUT2D eigenvalue weighted by atomic mass is 10.1. The number of benzene rings is 3. The summed E-state index contributed by atoms with van der Waals surface area (Å²) >= 11 is 5.44. The average molecular weight is 426 g/mol. The Labute approximate surface area is 177 Å². The molecule has 1 N–H and O–H groups in total. The minimum absolute atomic E-state index is 0.217. The number of thiocarbonyl (C=S) groups is 1. The lowest BCUT2D eigenvalue weighted by Gasteiger charge is -2.20. The maximum Gasteiger partial charge on any atom is 0.241 e. The van der Waals surface area contributed by atoms with Crippen molar-refractivity contribution in [1.29, 1.82) is 0 Å². The van der Waals surface area contributed by atoms with E-state index in [0.29, 0.717) is 10.8 Å². The van der Waals surface area contributed by atoms with Gasteiger partial charge in [0.05, 0.1) is 10.9 Å². The molecule has 0 radical (unpaired) electrons. The second-order valence-corrected chi connectivity index (χ2v) is 9.01. The first-order valence-electron chi connectivity index (χ1n) is 9.25. The molecule has 3 aromatic rings. The molecule has 29 heavy (non-hydrogen) atoms. The lowest BCUT2D eigenvalue weighted by molar-refractivity contribution is 0.514.